The van der Waals surface area contributed by atoms with E-state index in [0.717, 1.165) is 0 Å². The first kappa shape index (κ1) is 14.7. The Morgan fingerprint density at radius 2 is 1.79 bits per heavy atom. The molecule has 1 amide bonds. The molecule has 0 fully saturated rings. The maximum atomic E-state index is 11.7. The molecule has 0 aliphatic rings. The maximum absolute atomic E-state index is 11.7. The van der Waals surface area contributed by atoms with E-state index in [-0.39, 0.29) is 18.8 Å². The Labute approximate surface area is 109 Å². The van der Waals surface area contributed by atoms with Gasteiger partial charge >= 0.3 is 11.9 Å². The normalized spacial score (nSPS) is 10.1. The molecule has 0 bridgehead atoms. The Bertz CT molecular complexity index is 421. The van der Waals surface area contributed by atoms with Crippen molar-refractivity contribution in [1.29, 1.82) is 0 Å². The van der Waals surface area contributed by atoms with Gasteiger partial charge in [-0.25, -0.2) is 9.59 Å². The monoisotopic (exact) mass is 269 g/mol. The second kappa shape index (κ2) is 7.20. The number of nitrogens with one attached hydrogen (secondary N) is 1. The van der Waals surface area contributed by atoms with Crippen LogP contribution in [0, 0.1) is 0 Å². The quantitative estimate of drug-likeness (QED) is 0.597. The van der Waals surface area contributed by atoms with Gasteiger partial charge in [0.1, 0.15) is 6.26 Å². The van der Waals surface area contributed by atoms with Crippen LogP contribution in [0.5, 0.6) is 0 Å². The molecule has 0 aliphatic carbocycles. The second-order valence-corrected chi connectivity index (χ2v) is 3.42. The number of hydrogen-bond donors (Lipinski definition) is 1. The lowest BCUT2D eigenvalue weighted by Crippen LogP contribution is -2.48. The smallest absolute Gasteiger partial charge is 0.340 e. The van der Waals surface area contributed by atoms with E-state index in [1.807, 2.05) is 0 Å². The molecule has 0 radical (unpaired) electrons. The molecule has 0 atom stereocenters. The lowest BCUT2D eigenvalue weighted by atomic mass is 10.2. The van der Waals surface area contributed by atoms with Crippen molar-refractivity contribution in [3.8, 4) is 0 Å². The highest BCUT2D eigenvalue weighted by Crippen LogP contribution is 2.02. The van der Waals surface area contributed by atoms with Crippen LogP contribution in [0.1, 0.15) is 24.2 Å². The van der Waals surface area contributed by atoms with Crippen molar-refractivity contribution < 1.29 is 28.3 Å². The van der Waals surface area contributed by atoms with Crippen LogP contribution in [-0.4, -0.2) is 37.1 Å². The molecule has 7 nitrogen and oxygen atoms in total. The van der Waals surface area contributed by atoms with Crippen LogP contribution in [0.2, 0.25) is 0 Å². The average Bonchev–Trinajstić information content (AvgIpc) is 2.90. The van der Waals surface area contributed by atoms with Crippen molar-refractivity contribution in [2.24, 2.45) is 0 Å². The van der Waals surface area contributed by atoms with Gasteiger partial charge in [0, 0.05) is 0 Å². The van der Waals surface area contributed by atoms with Gasteiger partial charge in [-0.2, -0.15) is 0 Å². The van der Waals surface area contributed by atoms with Gasteiger partial charge in [-0.05, 0) is 19.9 Å². The number of hydrogen-bond acceptors (Lipinski definition) is 6. The zero-order chi connectivity index (χ0) is 14.3. The Morgan fingerprint density at radius 1 is 1.21 bits per heavy atom. The third-order valence-electron chi connectivity index (χ3n) is 2.10. The van der Waals surface area contributed by atoms with Gasteiger partial charge in [-0.1, -0.05) is 0 Å². The molecular weight excluding hydrogens is 254 g/mol. The summed E-state index contributed by atoms with van der Waals surface area (Å²) >= 11 is 0. The summed E-state index contributed by atoms with van der Waals surface area (Å²) in [6.45, 7) is 3.38. The standard InChI is InChI=1S/C12H15NO6/c1-3-18-11(15)9(12(16)19-4-2)13-10(14)8-5-6-17-7-8/h5-7,9H,3-4H2,1-2H3,(H,13,14). The maximum Gasteiger partial charge on any atom is 0.340 e. The van der Waals surface area contributed by atoms with Crippen LogP contribution < -0.4 is 5.32 Å². The average molecular weight is 269 g/mol. The molecule has 0 spiro atoms. The molecule has 104 valence electrons. The first-order valence-electron chi connectivity index (χ1n) is 5.76. The third-order valence-corrected chi connectivity index (χ3v) is 2.10. The number of furan rings is 1. The van der Waals surface area contributed by atoms with Crippen LogP contribution in [0.3, 0.4) is 0 Å². The van der Waals surface area contributed by atoms with Crippen LogP contribution in [0.15, 0.2) is 23.0 Å². The van der Waals surface area contributed by atoms with Gasteiger partial charge < -0.3 is 19.2 Å². The molecule has 7 heteroatoms. The fourth-order valence-electron chi connectivity index (χ4n) is 1.27. The molecule has 19 heavy (non-hydrogen) atoms. The molecule has 0 aromatic carbocycles. The Hall–Kier alpha value is -2.31. The highest BCUT2D eigenvalue weighted by Gasteiger charge is 2.31. The lowest BCUT2D eigenvalue weighted by Gasteiger charge is -2.15. The fourth-order valence-corrected chi connectivity index (χ4v) is 1.27. The second-order valence-electron chi connectivity index (χ2n) is 3.42. The molecule has 1 aromatic heterocycles. The summed E-state index contributed by atoms with van der Waals surface area (Å²) in [5.41, 5.74) is 0.193. The predicted octanol–water partition coefficient (Wildman–Crippen LogP) is 0.504. The first-order chi connectivity index (χ1) is 9.10. The van der Waals surface area contributed by atoms with Crippen LogP contribution in [0.4, 0.5) is 0 Å². The van der Waals surface area contributed by atoms with E-state index in [1.165, 1.54) is 18.6 Å². The molecule has 1 heterocycles. The third kappa shape index (κ3) is 4.13. The van der Waals surface area contributed by atoms with Gasteiger partial charge in [-0.15, -0.1) is 0 Å². The molecular formula is C12H15NO6. The predicted molar refractivity (Wildman–Crippen MR) is 63.2 cm³/mol. The molecule has 0 saturated carbocycles. The largest absolute Gasteiger partial charge is 0.472 e. The van der Waals surface area contributed by atoms with Crippen molar-refractivity contribution in [2.75, 3.05) is 13.2 Å². The molecule has 1 N–H and O–H groups in total. The number of ether oxygens (including phenoxy) is 2. The van der Waals surface area contributed by atoms with E-state index in [2.05, 4.69) is 5.32 Å². The number of rotatable bonds is 6. The number of carbonyl (C=O) groups is 3. The summed E-state index contributed by atoms with van der Waals surface area (Å²) in [4.78, 5) is 35.0. The number of carbonyl (C=O) groups excluding carboxylic acids is 3. The van der Waals surface area contributed by atoms with Gasteiger partial charge in [0.05, 0.1) is 25.0 Å². The fraction of sp³-hybridized carbons (Fsp3) is 0.417. The SMILES string of the molecule is CCOC(=O)C(NC(=O)c1ccoc1)C(=O)OCC. The molecule has 0 unspecified atom stereocenters. The minimum absolute atomic E-state index is 0.0936. The van der Waals surface area contributed by atoms with Gasteiger partial charge in [-0.3, -0.25) is 4.79 Å². The Balaban J connectivity index is 2.76. The minimum Gasteiger partial charge on any atom is -0.472 e. The van der Waals surface area contributed by atoms with Crippen LogP contribution in [0.25, 0.3) is 0 Å². The highest BCUT2D eigenvalue weighted by atomic mass is 16.6. The molecule has 1 rings (SSSR count). The van der Waals surface area contributed by atoms with E-state index >= 15 is 0 Å². The highest BCUT2D eigenvalue weighted by molar-refractivity contribution is 6.05. The van der Waals surface area contributed by atoms with Gasteiger partial charge in [0.25, 0.3) is 5.91 Å². The summed E-state index contributed by atoms with van der Waals surface area (Å²) in [5.74, 6) is -2.35. The minimum atomic E-state index is -1.48. The van der Waals surface area contributed by atoms with Gasteiger partial charge in [0.15, 0.2) is 0 Å². The summed E-state index contributed by atoms with van der Waals surface area (Å²) in [7, 11) is 0. The van der Waals surface area contributed by atoms with Crippen molar-refractivity contribution in [3.63, 3.8) is 0 Å². The first-order valence-corrected chi connectivity index (χ1v) is 5.76. The number of amides is 1. The van der Waals surface area contributed by atoms with Crippen LogP contribution in [-0.2, 0) is 19.1 Å². The molecule has 0 saturated heterocycles. The zero-order valence-electron chi connectivity index (χ0n) is 10.7. The lowest BCUT2D eigenvalue weighted by molar-refractivity contribution is -0.157. The molecule has 1 aromatic rings. The topological polar surface area (TPSA) is 94.8 Å². The van der Waals surface area contributed by atoms with E-state index in [1.54, 1.807) is 13.8 Å². The summed E-state index contributed by atoms with van der Waals surface area (Å²) < 4.78 is 14.2. The number of esters is 2. The summed E-state index contributed by atoms with van der Waals surface area (Å²) in [6, 6.07) is -0.0785. The Kier molecular flexibility index (Phi) is 5.59. The summed E-state index contributed by atoms with van der Waals surface area (Å²) in [6.07, 6.45) is 2.50. The van der Waals surface area contributed by atoms with E-state index < -0.39 is 23.9 Å². The Morgan fingerprint density at radius 3 is 2.21 bits per heavy atom. The van der Waals surface area contributed by atoms with Crippen molar-refractivity contribution in [3.05, 3.63) is 24.2 Å². The van der Waals surface area contributed by atoms with Crippen molar-refractivity contribution >= 4 is 17.8 Å². The van der Waals surface area contributed by atoms with Crippen LogP contribution >= 0.6 is 0 Å². The van der Waals surface area contributed by atoms with Gasteiger partial charge in [0.2, 0.25) is 6.04 Å². The van der Waals surface area contributed by atoms with E-state index in [9.17, 15) is 14.4 Å². The summed E-state index contributed by atoms with van der Waals surface area (Å²) in [5, 5.41) is 2.24. The zero-order valence-corrected chi connectivity index (χ0v) is 10.7. The van der Waals surface area contributed by atoms with Crippen molar-refractivity contribution in [1.82, 2.24) is 5.32 Å². The van der Waals surface area contributed by atoms with Crippen molar-refractivity contribution in [2.45, 2.75) is 19.9 Å². The molecule has 0 aliphatic heterocycles. The van der Waals surface area contributed by atoms with E-state index in [4.69, 9.17) is 13.9 Å². The van der Waals surface area contributed by atoms with E-state index in [0.29, 0.717) is 0 Å².